The van der Waals surface area contributed by atoms with E-state index in [0.717, 1.165) is 12.1 Å². The molecule has 0 spiro atoms. The SMILES string of the molecule is COCC(=O)N1CCO[C@@H](c2nccnc2-c2cccc(C(F)(F)F)c2)C1. The minimum atomic E-state index is -4.46. The third kappa shape index (κ3) is 4.42. The Labute approximate surface area is 153 Å². The summed E-state index contributed by atoms with van der Waals surface area (Å²) in [5.41, 5.74) is 0.219. The molecule has 1 aromatic carbocycles. The molecule has 9 heteroatoms. The Balaban J connectivity index is 1.92. The number of ether oxygens (including phenoxy) is 2. The zero-order valence-corrected chi connectivity index (χ0v) is 14.6. The predicted octanol–water partition coefficient (Wildman–Crippen LogP) is 2.71. The summed E-state index contributed by atoms with van der Waals surface area (Å²) in [6.45, 7) is 0.886. The fourth-order valence-corrected chi connectivity index (χ4v) is 2.91. The number of nitrogens with zero attached hydrogens (tertiary/aromatic N) is 3. The van der Waals surface area contributed by atoms with E-state index in [-0.39, 0.29) is 24.6 Å². The number of carbonyl (C=O) groups excluding carboxylic acids is 1. The van der Waals surface area contributed by atoms with Gasteiger partial charge in [-0.05, 0) is 12.1 Å². The lowest BCUT2D eigenvalue weighted by molar-refractivity contribution is -0.143. The van der Waals surface area contributed by atoms with Crippen LogP contribution in [0.5, 0.6) is 0 Å². The Morgan fingerprint density at radius 1 is 1.33 bits per heavy atom. The molecule has 1 aliphatic heterocycles. The van der Waals surface area contributed by atoms with E-state index in [1.165, 1.54) is 25.6 Å². The second-order valence-electron chi connectivity index (χ2n) is 6.00. The van der Waals surface area contributed by atoms with Gasteiger partial charge in [0.25, 0.3) is 0 Å². The van der Waals surface area contributed by atoms with Gasteiger partial charge in [-0.25, -0.2) is 0 Å². The monoisotopic (exact) mass is 381 g/mol. The molecule has 1 amide bonds. The van der Waals surface area contributed by atoms with Gasteiger partial charge in [-0.3, -0.25) is 14.8 Å². The van der Waals surface area contributed by atoms with Gasteiger partial charge in [0.05, 0.1) is 30.1 Å². The van der Waals surface area contributed by atoms with Crippen LogP contribution in [0.15, 0.2) is 36.7 Å². The number of rotatable bonds is 4. The number of halogens is 3. The minimum absolute atomic E-state index is 0.0479. The smallest absolute Gasteiger partial charge is 0.375 e. The van der Waals surface area contributed by atoms with Gasteiger partial charge in [-0.2, -0.15) is 13.2 Å². The zero-order chi connectivity index (χ0) is 19.4. The van der Waals surface area contributed by atoms with Crippen LogP contribution in [-0.2, 0) is 20.4 Å². The summed E-state index contributed by atoms with van der Waals surface area (Å²) in [6.07, 6.45) is -2.18. The highest BCUT2D eigenvalue weighted by Gasteiger charge is 2.32. The number of amides is 1. The van der Waals surface area contributed by atoms with Crippen molar-refractivity contribution in [1.82, 2.24) is 14.9 Å². The predicted molar refractivity (Wildman–Crippen MR) is 89.6 cm³/mol. The number of morpholine rings is 1. The molecule has 1 aliphatic rings. The van der Waals surface area contributed by atoms with Crippen LogP contribution in [-0.4, -0.2) is 54.2 Å². The second kappa shape index (κ2) is 8.01. The molecule has 1 fully saturated rings. The van der Waals surface area contributed by atoms with Crippen molar-refractivity contribution in [2.75, 3.05) is 33.4 Å². The summed E-state index contributed by atoms with van der Waals surface area (Å²) in [6, 6.07) is 4.90. The van der Waals surface area contributed by atoms with E-state index in [1.54, 1.807) is 11.0 Å². The first-order chi connectivity index (χ1) is 12.9. The lowest BCUT2D eigenvalue weighted by Gasteiger charge is -2.33. The topological polar surface area (TPSA) is 64.5 Å². The van der Waals surface area contributed by atoms with Gasteiger partial charge in [0.2, 0.25) is 5.91 Å². The van der Waals surface area contributed by atoms with Gasteiger partial charge in [-0.1, -0.05) is 12.1 Å². The number of benzene rings is 1. The summed E-state index contributed by atoms with van der Waals surface area (Å²) in [5.74, 6) is -0.185. The van der Waals surface area contributed by atoms with Crippen molar-refractivity contribution in [2.24, 2.45) is 0 Å². The molecule has 0 aliphatic carbocycles. The fraction of sp³-hybridized carbons (Fsp3) is 0.389. The first kappa shape index (κ1) is 19.2. The molecule has 1 atom stereocenters. The van der Waals surface area contributed by atoms with Crippen molar-refractivity contribution in [1.29, 1.82) is 0 Å². The van der Waals surface area contributed by atoms with Gasteiger partial charge < -0.3 is 14.4 Å². The highest BCUT2D eigenvalue weighted by atomic mass is 19.4. The molecule has 0 unspecified atom stereocenters. The van der Waals surface area contributed by atoms with Crippen LogP contribution < -0.4 is 0 Å². The van der Waals surface area contributed by atoms with Crippen LogP contribution in [0.3, 0.4) is 0 Å². The standard InChI is InChI=1S/C18H18F3N3O3/c1-26-11-15(25)24-7-8-27-14(10-24)17-16(22-5-6-23-17)12-3-2-4-13(9-12)18(19,20)21/h2-6,9,14H,7-8,10-11H2,1H3/t14-/m1/s1. The van der Waals surface area contributed by atoms with E-state index in [1.807, 2.05) is 0 Å². The van der Waals surface area contributed by atoms with Crippen molar-refractivity contribution < 1.29 is 27.4 Å². The maximum Gasteiger partial charge on any atom is 0.416 e. The molecule has 0 bridgehead atoms. The molecule has 27 heavy (non-hydrogen) atoms. The zero-order valence-electron chi connectivity index (χ0n) is 14.6. The molecule has 3 rings (SSSR count). The van der Waals surface area contributed by atoms with Crippen LogP contribution in [0.25, 0.3) is 11.3 Å². The molecule has 0 N–H and O–H groups in total. The largest absolute Gasteiger partial charge is 0.416 e. The van der Waals surface area contributed by atoms with Gasteiger partial charge in [-0.15, -0.1) is 0 Å². The third-order valence-corrected chi connectivity index (χ3v) is 4.18. The van der Waals surface area contributed by atoms with E-state index in [0.29, 0.717) is 24.5 Å². The van der Waals surface area contributed by atoms with Crippen molar-refractivity contribution in [3.05, 3.63) is 47.9 Å². The number of alkyl halides is 3. The Hall–Kier alpha value is -2.52. The molecule has 2 aromatic rings. The summed E-state index contributed by atoms with van der Waals surface area (Å²) in [4.78, 5) is 22.1. The molecule has 1 aromatic heterocycles. The van der Waals surface area contributed by atoms with Gasteiger partial charge in [0.15, 0.2) is 0 Å². The van der Waals surface area contributed by atoms with Gasteiger partial charge >= 0.3 is 6.18 Å². The molecule has 0 radical (unpaired) electrons. The number of methoxy groups -OCH3 is 1. The summed E-state index contributed by atoms with van der Waals surface area (Å²) >= 11 is 0. The fourth-order valence-electron chi connectivity index (χ4n) is 2.91. The highest BCUT2D eigenvalue weighted by Crippen LogP contribution is 2.34. The summed E-state index contributed by atoms with van der Waals surface area (Å²) in [5, 5.41) is 0. The van der Waals surface area contributed by atoms with Crippen LogP contribution in [0.1, 0.15) is 17.4 Å². The molecule has 1 saturated heterocycles. The Morgan fingerprint density at radius 3 is 2.85 bits per heavy atom. The molecule has 0 saturated carbocycles. The van der Waals surface area contributed by atoms with E-state index in [4.69, 9.17) is 9.47 Å². The Morgan fingerprint density at radius 2 is 2.11 bits per heavy atom. The van der Waals surface area contributed by atoms with Crippen LogP contribution in [0.4, 0.5) is 13.2 Å². The maximum absolute atomic E-state index is 13.0. The Bertz CT molecular complexity index is 814. The quantitative estimate of drug-likeness (QED) is 0.815. The van der Waals surface area contributed by atoms with Crippen molar-refractivity contribution in [2.45, 2.75) is 12.3 Å². The highest BCUT2D eigenvalue weighted by molar-refractivity contribution is 5.77. The van der Waals surface area contributed by atoms with Crippen LogP contribution >= 0.6 is 0 Å². The molecule has 6 nitrogen and oxygen atoms in total. The molecular formula is C18H18F3N3O3. The molecule has 2 heterocycles. The minimum Gasteiger partial charge on any atom is -0.375 e. The van der Waals surface area contributed by atoms with Crippen LogP contribution in [0.2, 0.25) is 0 Å². The molecular weight excluding hydrogens is 363 g/mol. The van der Waals surface area contributed by atoms with Crippen LogP contribution in [0, 0.1) is 0 Å². The number of hydrogen-bond donors (Lipinski definition) is 0. The van der Waals surface area contributed by atoms with Gasteiger partial charge in [0.1, 0.15) is 12.7 Å². The Kier molecular flexibility index (Phi) is 5.71. The average Bonchev–Trinajstić information content (AvgIpc) is 2.68. The average molecular weight is 381 g/mol. The van der Waals surface area contributed by atoms with Crippen molar-refractivity contribution >= 4 is 5.91 Å². The summed E-state index contributed by atoms with van der Waals surface area (Å²) in [7, 11) is 1.43. The van der Waals surface area contributed by atoms with E-state index >= 15 is 0 Å². The first-order valence-electron chi connectivity index (χ1n) is 8.27. The van der Waals surface area contributed by atoms with E-state index < -0.39 is 17.8 Å². The van der Waals surface area contributed by atoms with Gasteiger partial charge in [0, 0.05) is 31.6 Å². The number of aromatic nitrogens is 2. The summed E-state index contributed by atoms with van der Waals surface area (Å²) < 4.78 is 49.7. The van der Waals surface area contributed by atoms with Crippen molar-refractivity contribution in [3.63, 3.8) is 0 Å². The third-order valence-electron chi connectivity index (χ3n) is 4.18. The normalized spacial score (nSPS) is 17.8. The van der Waals surface area contributed by atoms with Crippen molar-refractivity contribution in [3.8, 4) is 11.3 Å². The van der Waals surface area contributed by atoms with E-state index in [2.05, 4.69) is 9.97 Å². The first-order valence-corrected chi connectivity index (χ1v) is 8.27. The number of hydrogen-bond acceptors (Lipinski definition) is 5. The maximum atomic E-state index is 13.0. The molecule has 144 valence electrons. The number of carbonyl (C=O) groups is 1. The lowest BCUT2D eigenvalue weighted by atomic mass is 10.0. The van der Waals surface area contributed by atoms with E-state index in [9.17, 15) is 18.0 Å². The lowest BCUT2D eigenvalue weighted by Crippen LogP contribution is -2.44. The second-order valence-corrected chi connectivity index (χ2v) is 6.00.